The van der Waals surface area contributed by atoms with Crippen LogP contribution in [0.4, 0.5) is 0 Å². The predicted molar refractivity (Wildman–Crippen MR) is 98.9 cm³/mol. The van der Waals surface area contributed by atoms with Gasteiger partial charge in [0.2, 0.25) is 5.91 Å². The summed E-state index contributed by atoms with van der Waals surface area (Å²) in [5.74, 6) is 2.52. The molecule has 0 aliphatic heterocycles. The molecule has 5 nitrogen and oxygen atoms in total. The number of nitrogens with zero attached hydrogens (tertiary/aromatic N) is 3. The van der Waals surface area contributed by atoms with Gasteiger partial charge in [0.25, 0.3) is 0 Å². The third kappa shape index (κ3) is 4.18. The Labute approximate surface area is 156 Å². The topological polar surface area (TPSA) is 59.8 Å². The molecule has 1 amide bonds. The van der Waals surface area contributed by atoms with E-state index in [0.717, 1.165) is 16.5 Å². The minimum atomic E-state index is 0.0346. The quantitative estimate of drug-likeness (QED) is 0.709. The SMILES string of the molecule is O=C(CCSc1nnc(C2CC2)n1C1CC1)NCc1ccccc1Cl. The van der Waals surface area contributed by atoms with Crippen molar-refractivity contribution in [3.63, 3.8) is 0 Å². The molecule has 0 saturated heterocycles. The summed E-state index contributed by atoms with van der Waals surface area (Å²) in [5.41, 5.74) is 0.938. The molecule has 2 saturated carbocycles. The Morgan fingerprint density at radius 2 is 2.04 bits per heavy atom. The van der Waals surface area contributed by atoms with E-state index in [1.54, 1.807) is 11.8 Å². The van der Waals surface area contributed by atoms with Gasteiger partial charge in [0.1, 0.15) is 5.82 Å². The first-order valence-corrected chi connectivity index (χ1v) is 10.2. The van der Waals surface area contributed by atoms with Crippen LogP contribution in [-0.2, 0) is 11.3 Å². The molecule has 4 rings (SSSR count). The number of thioether (sulfide) groups is 1. The van der Waals surface area contributed by atoms with E-state index >= 15 is 0 Å². The van der Waals surface area contributed by atoms with Gasteiger partial charge < -0.3 is 9.88 Å². The van der Waals surface area contributed by atoms with Crippen molar-refractivity contribution in [2.45, 2.75) is 55.8 Å². The summed E-state index contributed by atoms with van der Waals surface area (Å²) in [6, 6.07) is 8.15. The summed E-state index contributed by atoms with van der Waals surface area (Å²) in [4.78, 5) is 12.1. The van der Waals surface area contributed by atoms with Crippen molar-refractivity contribution in [1.82, 2.24) is 20.1 Å². The van der Waals surface area contributed by atoms with Crippen LogP contribution in [0, 0.1) is 0 Å². The lowest BCUT2D eigenvalue weighted by atomic mass is 10.2. The second-order valence-corrected chi connectivity index (χ2v) is 8.15. The van der Waals surface area contributed by atoms with Crippen molar-refractivity contribution in [2.24, 2.45) is 0 Å². The molecule has 1 aromatic carbocycles. The van der Waals surface area contributed by atoms with Crippen LogP contribution in [0.2, 0.25) is 5.02 Å². The fourth-order valence-corrected chi connectivity index (χ4v) is 3.99. The van der Waals surface area contributed by atoms with Gasteiger partial charge in [-0.25, -0.2) is 0 Å². The average molecular weight is 377 g/mol. The predicted octanol–water partition coefficient (Wildman–Crippen LogP) is 3.94. The number of carbonyl (C=O) groups excluding carboxylic acids is 1. The molecule has 2 aliphatic rings. The normalized spacial score (nSPS) is 16.8. The second-order valence-electron chi connectivity index (χ2n) is 6.68. The van der Waals surface area contributed by atoms with Gasteiger partial charge in [0, 0.05) is 35.7 Å². The summed E-state index contributed by atoms with van der Waals surface area (Å²) < 4.78 is 2.32. The molecule has 1 heterocycles. The van der Waals surface area contributed by atoms with E-state index in [0.29, 0.717) is 35.7 Å². The summed E-state index contributed by atoms with van der Waals surface area (Å²) in [6.45, 7) is 0.466. The molecular weight excluding hydrogens is 356 g/mol. The standard InChI is InChI=1S/C18H21ClN4OS/c19-15-4-2-1-3-13(15)11-20-16(24)9-10-25-18-22-21-17(12-5-6-12)23(18)14-7-8-14/h1-4,12,14H,5-11H2,(H,20,24). The van der Waals surface area contributed by atoms with Crippen LogP contribution < -0.4 is 5.32 Å². The molecule has 0 bridgehead atoms. The van der Waals surface area contributed by atoms with Crippen molar-refractivity contribution < 1.29 is 4.79 Å². The number of hydrogen-bond donors (Lipinski definition) is 1. The van der Waals surface area contributed by atoms with Crippen LogP contribution in [-0.4, -0.2) is 26.4 Å². The van der Waals surface area contributed by atoms with Gasteiger partial charge in [-0.1, -0.05) is 41.6 Å². The number of amides is 1. The van der Waals surface area contributed by atoms with E-state index in [-0.39, 0.29) is 5.91 Å². The van der Waals surface area contributed by atoms with E-state index in [1.165, 1.54) is 25.7 Å². The molecular formula is C18H21ClN4OS. The van der Waals surface area contributed by atoms with Gasteiger partial charge in [-0.3, -0.25) is 4.79 Å². The van der Waals surface area contributed by atoms with Gasteiger partial charge in [-0.2, -0.15) is 0 Å². The molecule has 2 aromatic rings. The lowest BCUT2D eigenvalue weighted by molar-refractivity contribution is -0.120. The maximum Gasteiger partial charge on any atom is 0.221 e. The van der Waals surface area contributed by atoms with Gasteiger partial charge >= 0.3 is 0 Å². The fourth-order valence-electron chi connectivity index (χ4n) is 2.84. The summed E-state index contributed by atoms with van der Waals surface area (Å²) in [7, 11) is 0. The smallest absolute Gasteiger partial charge is 0.221 e. The molecule has 25 heavy (non-hydrogen) atoms. The molecule has 0 spiro atoms. The number of rotatable bonds is 8. The van der Waals surface area contributed by atoms with Crippen LogP contribution in [0.3, 0.4) is 0 Å². The first-order chi connectivity index (χ1) is 12.2. The maximum atomic E-state index is 12.1. The Morgan fingerprint density at radius 1 is 1.24 bits per heavy atom. The average Bonchev–Trinajstić information content (AvgIpc) is 3.53. The van der Waals surface area contributed by atoms with Crippen LogP contribution in [0.1, 0.15) is 55.5 Å². The zero-order chi connectivity index (χ0) is 17.2. The van der Waals surface area contributed by atoms with Gasteiger partial charge in [0.15, 0.2) is 5.16 Å². The van der Waals surface area contributed by atoms with Crippen molar-refractivity contribution in [1.29, 1.82) is 0 Å². The van der Waals surface area contributed by atoms with E-state index in [4.69, 9.17) is 11.6 Å². The molecule has 2 fully saturated rings. The second kappa shape index (κ2) is 7.38. The number of nitrogens with one attached hydrogen (secondary N) is 1. The van der Waals surface area contributed by atoms with Crippen LogP contribution in [0.25, 0.3) is 0 Å². The number of aromatic nitrogens is 3. The molecule has 0 radical (unpaired) electrons. The molecule has 0 unspecified atom stereocenters. The lowest BCUT2D eigenvalue weighted by Crippen LogP contribution is -2.23. The highest BCUT2D eigenvalue weighted by atomic mass is 35.5. The summed E-state index contributed by atoms with van der Waals surface area (Å²) >= 11 is 7.74. The number of benzene rings is 1. The summed E-state index contributed by atoms with van der Waals surface area (Å²) in [5, 5.41) is 13.4. The number of hydrogen-bond acceptors (Lipinski definition) is 4. The minimum Gasteiger partial charge on any atom is -0.352 e. The Hall–Kier alpha value is -1.53. The highest BCUT2D eigenvalue weighted by molar-refractivity contribution is 7.99. The number of carbonyl (C=O) groups is 1. The Balaban J connectivity index is 1.26. The largest absolute Gasteiger partial charge is 0.352 e. The molecule has 1 aromatic heterocycles. The first kappa shape index (κ1) is 16.9. The highest BCUT2D eigenvalue weighted by Gasteiger charge is 2.36. The minimum absolute atomic E-state index is 0.0346. The molecule has 0 atom stereocenters. The highest BCUT2D eigenvalue weighted by Crippen LogP contribution is 2.46. The van der Waals surface area contributed by atoms with E-state index < -0.39 is 0 Å². The van der Waals surface area contributed by atoms with Crippen LogP contribution in [0.5, 0.6) is 0 Å². The molecule has 1 N–H and O–H groups in total. The van der Waals surface area contributed by atoms with Crippen molar-refractivity contribution in [2.75, 3.05) is 5.75 Å². The Morgan fingerprint density at radius 3 is 2.76 bits per heavy atom. The zero-order valence-electron chi connectivity index (χ0n) is 13.9. The van der Waals surface area contributed by atoms with E-state index in [2.05, 4.69) is 20.1 Å². The van der Waals surface area contributed by atoms with E-state index in [1.807, 2.05) is 24.3 Å². The van der Waals surface area contributed by atoms with Crippen LogP contribution >= 0.6 is 23.4 Å². The van der Waals surface area contributed by atoms with Crippen LogP contribution in [0.15, 0.2) is 29.4 Å². The Kier molecular flexibility index (Phi) is 4.99. The van der Waals surface area contributed by atoms with Crippen molar-refractivity contribution in [3.05, 3.63) is 40.7 Å². The third-order valence-corrected chi connectivity index (χ3v) is 5.85. The van der Waals surface area contributed by atoms with Crippen molar-refractivity contribution in [3.8, 4) is 0 Å². The monoisotopic (exact) mass is 376 g/mol. The van der Waals surface area contributed by atoms with Crippen molar-refractivity contribution >= 4 is 29.3 Å². The Bertz CT molecular complexity index is 770. The van der Waals surface area contributed by atoms with Gasteiger partial charge in [0.05, 0.1) is 0 Å². The lowest BCUT2D eigenvalue weighted by Gasteiger charge is -2.09. The zero-order valence-corrected chi connectivity index (χ0v) is 15.5. The maximum absolute atomic E-state index is 12.1. The number of halogens is 1. The summed E-state index contributed by atoms with van der Waals surface area (Å²) in [6.07, 6.45) is 5.39. The fraction of sp³-hybridized carbons (Fsp3) is 0.500. The van der Waals surface area contributed by atoms with Gasteiger partial charge in [-0.15, -0.1) is 10.2 Å². The molecule has 7 heteroatoms. The first-order valence-electron chi connectivity index (χ1n) is 8.80. The van der Waals surface area contributed by atoms with Gasteiger partial charge in [-0.05, 0) is 37.3 Å². The third-order valence-electron chi connectivity index (χ3n) is 4.54. The van der Waals surface area contributed by atoms with E-state index in [9.17, 15) is 4.79 Å². The molecule has 2 aliphatic carbocycles. The molecule has 132 valence electrons.